The molecule has 2 atom stereocenters. The van der Waals surface area contributed by atoms with Crippen LogP contribution < -0.4 is 10.1 Å². The minimum absolute atomic E-state index is 0.243. The van der Waals surface area contributed by atoms with Crippen LogP contribution in [-0.2, 0) is 0 Å². The maximum Gasteiger partial charge on any atom is 0.119 e. The summed E-state index contributed by atoms with van der Waals surface area (Å²) in [6, 6.07) is 8.42. The van der Waals surface area contributed by atoms with Crippen LogP contribution in [0, 0.1) is 13.8 Å². The smallest absolute Gasteiger partial charge is 0.119 e. The third-order valence-electron chi connectivity index (χ3n) is 3.34. The molecular weight excluding hydrogens is 282 g/mol. The number of hydrogen-bond acceptors (Lipinski definition) is 4. The van der Waals surface area contributed by atoms with Gasteiger partial charge in [-0.1, -0.05) is 6.07 Å². The summed E-state index contributed by atoms with van der Waals surface area (Å²) >= 11 is 1.69. The summed E-state index contributed by atoms with van der Waals surface area (Å²) in [6.45, 7) is 6.99. The molecule has 0 fully saturated rings. The molecule has 0 bridgehead atoms. The van der Waals surface area contributed by atoms with Crippen LogP contribution in [0.25, 0.3) is 0 Å². The van der Waals surface area contributed by atoms with Gasteiger partial charge in [-0.25, -0.2) is 0 Å². The monoisotopic (exact) mass is 305 g/mol. The lowest BCUT2D eigenvalue weighted by Gasteiger charge is -2.17. The van der Waals surface area contributed by atoms with Gasteiger partial charge in [0.2, 0.25) is 0 Å². The van der Waals surface area contributed by atoms with Gasteiger partial charge in [-0.05, 0) is 66.4 Å². The van der Waals surface area contributed by atoms with E-state index < -0.39 is 6.10 Å². The number of thiophene rings is 1. The van der Waals surface area contributed by atoms with E-state index in [1.54, 1.807) is 11.3 Å². The maximum atomic E-state index is 10.0. The zero-order chi connectivity index (χ0) is 15.2. The van der Waals surface area contributed by atoms with Crippen molar-refractivity contribution in [1.29, 1.82) is 0 Å². The standard InChI is InChI=1S/C17H23NO2S/c1-12-6-13(2)8-17(7-12)20-10-16(19)9-18-14(3)15-4-5-21-11-15/h4-8,11,14,16,18-19H,9-10H2,1-3H3. The third-order valence-corrected chi connectivity index (χ3v) is 4.04. The largest absolute Gasteiger partial charge is 0.491 e. The Labute approximate surface area is 130 Å². The Bertz CT molecular complexity index is 534. The zero-order valence-corrected chi connectivity index (χ0v) is 13.6. The van der Waals surface area contributed by atoms with Gasteiger partial charge in [0, 0.05) is 12.6 Å². The summed E-state index contributed by atoms with van der Waals surface area (Å²) < 4.78 is 5.66. The molecule has 4 heteroatoms. The van der Waals surface area contributed by atoms with E-state index in [-0.39, 0.29) is 6.04 Å². The van der Waals surface area contributed by atoms with E-state index in [0.29, 0.717) is 13.2 Å². The van der Waals surface area contributed by atoms with Gasteiger partial charge in [0.15, 0.2) is 0 Å². The first kappa shape index (κ1) is 16.0. The lowest BCUT2D eigenvalue weighted by Crippen LogP contribution is -2.32. The van der Waals surface area contributed by atoms with Crippen molar-refractivity contribution in [2.75, 3.05) is 13.2 Å². The summed E-state index contributed by atoms with van der Waals surface area (Å²) in [5, 5.41) is 17.5. The Morgan fingerprint density at radius 3 is 2.57 bits per heavy atom. The summed E-state index contributed by atoms with van der Waals surface area (Å²) in [5.41, 5.74) is 3.59. The van der Waals surface area contributed by atoms with Crippen LogP contribution in [0.4, 0.5) is 0 Å². The van der Waals surface area contributed by atoms with E-state index in [1.165, 1.54) is 16.7 Å². The van der Waals surface area contributed by atoms with Gasteiger partial charge >= 0.3 is 0 Å². The van der Waals surface area contributed by atoms with Crippen molar-refractivity contribution in [3.05, 3.63) is 51.7 Å². The van der Waals surface area contributed by atoms with Crippen LogP contribution in [0.3, 0.4) is 0 Å². The van der Waals surface area contributed by atoms with Crippen LogP contribution >= 0.6 is 11.3 Å². The number of benzene rings is 1. The molecule has 2 unspecified atom stereocenters. The molecule has 2 aromatic rings. The second kappa shape index (κ2) is 7.59. The highest BCUT2D eigenvalue weighted by atomic mass is 32.1. The average molecular weight is 305 g/mol. The molecule has 0 spiro atoms. The van der Waals surface area contributed by atoms with Gasteiger partial charge in [0.25, 0.3) is 0 Å². The molecule has 1 aromatic carbocycles. The Hall–Kier alpha value is -1.36. The van der Waals surface area contributed by atoms with Crippen molar-refractivity contribution in [3.8, 4) is 5.75 Å². The van der Waals surface area contributed by atoms with Crippen molar-refractivity contribution < 1.29 is 9.84 Å². The number of aliphatic hydroxyl groups is 1. The van der Waals surface area contributed by atoms with Gasteiger partial charge in [0.1, 0.15) is 18.5 Å². The molecule has 3 nitrogen and oxygen atoms in total. The molecule has 0 aliphatic heterocycles. The molecule has 0 amide bonds. The van der Waals surface area contributed by atoms with E-state index in [2.05, 4.69) is 35.1 Å². The molecule has 2 rings (SSSR count). The fourth-order valence-electron chi connectivity index (χ4n) is 2.22. The molecule has 0 saturated heterocycles. The van der Waals surface area contributed by atoms with Crippen LogP contribution in [0.5, 0.6) is 5.75 Å². The van der Waals surface area contributed by atoms with Crippen LogP contribution in [0.2, 0.25) is 0 Å². The summed E-state index contributed by atoms with van der Waals surface area (Å²) in [7, 11) is 0. The minimum Gasteiger partial charge on any atom is -0.491 e. The molecule has 1 heterocycles. The molecule has 0 saturated carbocycles. The predicted molar refractivity (Wildman–Crippen MR) is 88.2 cm³/mol. The lowest BCUT2D eigenvalue weighted by atomic mass is 10.1. The first-order valence-corrected chi connectivity index (χ1v) is 8.13. The van der Waals surface area contributed by atoms with E-state index in [4.69, 9.17) is 4.74 Å². The van der Waals surface area contributed by atoms with Crippen molar-refractivity contribution in [1.82, 2.24) is 5.32 Å². The number of aliphatic hydroxyl groups excluding tert-OH is 1. The zero-order valence-electron chi connectivity index (χ0n) is 12.8. The highest BCUT2D eigenvalue weighted by Gasteiger charge is 2.10. The Balaban J connectivity index is 1.75. The molecule has 1 aromatic heterocycles. The number of rotatable bonds is 7. The molecule has 21 heavy (non-hydrogen) atoms. The average Bonchev–Trinajstić information content (AvgIpc) is 2.95. The summed E-state index contributed by atoms with van der Waals surface area (Å²) in [6.07, 6.45) is -0.521. The first-order chi connectivity index (χ1) is 10.0. The fourth-order valence-corrected chi connectivity index (χ4v) is 2.97. The van der Waals surface area contributed by atoms with Crippen molar-refractivity contribution in [2.45, 2.75) is 32.9 Å². The van der Waals surface area contributed by atoms with Crippen molar-refractivity contribution >= 4 is 11.3 Å². The molecule has 0 radical (unpaired) electrons. The Kier molecular flexibility index (Phi) is 5.79. The highest BCUT2D eigenvalue weighted by molar-refractivity contribution is 7.07. The van der Waals surface area contributed by atoms with Gasteiger partial charge < -0.3 is 15.2 Å². The van der Waals surface area contributed by atoms with Crippen molar-refractivity contribution in [3.63, 3.8) is 0 Å². The second-order valence-corrected chi connectivity index (χ2v) is 6.25. The number of nitrogens with one attached hydrogen (secondary N) is 1. The molecule has 2 N–H and O–H groups in total. The van der Waals surface area contributed by atoms with Gasteiger partial charge in [-0.15, -0.1) is 0 Å². The molecule has 114 valence electrons. The Morgan fingerprint density at radius 1 is 1.24 bits per heavy atom. The summed E-state index contributed by atoms with van der Waals surface area (Å²) in [4.78, 5) is 0. The quantitative estimate of drug-likeness (QED) is 0.823. The maximum absolute atomic E-state index is 10.0. The van der Waals surface area contributed by atoms with Crippen molar-refractivity contribution in [2.24, 2.45) is 0 Å². The predicted octanol–water partition coefficient (Wildman–Crippen LogP) is 3.46. The van der Waals surface area contributed by atoms with Gasteiger partial charge in [0.05, 0.1) is 0 Å². The second-order valence-electron chi connectivity index (χ2n) is 5.47. The van der Waals surface area contributed by atoms with Gasteiger partial charge in [-0.3, -0.25) is 0 Å². The molecule has 0 aliphatic rings. The number of aryl methyl sites for hydroxylation is 2. The molecular formula is C17H23NO2S. The van der Waals surface area contributed by atoms with E-state index in [1.807, 2.05) is 26.0 Å². The fraction of sp³-hybridized carbons (Fsp3) is 0.412. The summed E-state index contributed by atoms with van der Waals surface area (Å²) in [5.74, 6) is 0.817. The number of ether oxygens (including phenoxy) is 1. The van der Waals surface area contributed by atoms with Gasteiger partial charge in [-0.2, -0.15) is 11.3 Å². The highest BCUT2D eigenvalue weighted by Crippen LogP contribution is 2.17. The van der Waals surface area contributed by atoms with Crippen LogP contribution in [-0.4, -0.2) is 24.4 Å². The normalized spacial score (nSPS) is 13.9. The SMILES string of the molecule is Cc1cc(C)cc(OCC(O)CNC(C)c2ccsc2)c1. The van der Waals surface area contributed by atoms with Crippen LogP contribution in [0.15, 0.2) is 35.0 Å². The van der Waals surface area contributed by atoms with E-state index in [9.17, 15) is 5.11 Å². The van der Waals surface area contributed by atoms with E-state index in [0.717, 1.165) is 5.75 Å². The minimum atomic E-state index is -0.521. The van der Waals surface area contributed by atoms with Crippen LogP contribution in [0.1, 0.15) is 29.7 Å². The third kappa shape index (κ3) is 5.16. The first-order valence-electron chi connectivity index (χ1n) is 7.19. The lowest BCUT2D eigenvalue weighted by molar-refractivity contribution is 0.104. The van der Waals surface area contributed by atoms with E-state index >= 15 is 0 Å². The number of hydrogen-bond donors (Lipinski definition) is 2. The topological polar surface area (TPSA) is 41.5 Å². The molecule has 0 aliphatic carbocycles. The Morgan fingerprint density at radius 2 is 1.95 bits per heavy atom.